The largest absolute Gasteiger partial charge is 3.00 e. The van der Waals surface area contributed by atoms with E-state index in [1.165, 1.54) is 0 Å². The Morgan fingerprint density at radius 3 is 0.577 bits per heavy atom. The number of carbonyl (C=O) groups excluding carboxylic acids is 4. The van der Waals surface area contributed by atoms with Gasteiger partial charge in [0.05, 0.1) is 48.3 Å². The van der Waals surface area contributed by atoms with Crippen molar-refractivity contribution in [3.8, 4) is 0 Å². The van der Waals surface area contributed by atoms with Gasteiger partial charge in [-0.25, -0.2) is 0 Å². The van der Waals surface area contributed by atoms with E-state index in [0.717, 1.165) is 27.7 Å². The maximum atomic E-state index is 9.34. The molecule has 26 heavy (non-hydrogen) atoms. The van der Waals surface area contributed by atoms with Crippen LogP contribution in [0.25, 0.3) is 0 Å². The van der Waals surface area contributed by atoms with E-state index in [9.17, 15) is 39.6 Å². The van der Waals surface area contributed by atoms with Crippen LogP contribution in [0.5, 0.6) is 0 Å². The molecule has 0 aromatic carbocycles. The summed E-state index contributed by atoms with van der Waals surface area (Å²) in [7, 11) is 0. The number of carbonyl (C=O) groups is 4. The van der Waals surface area contributed by atoms with Crippen LogP contribution in [0.15, 0.2) is 0 Å². The fraction of sp³-hybridized carbons (Fsp3) is 0.667. The molecule has 0 amide bonds. The third-order valence-electron chi connectivity index (χ3n) is 1.36. The van der Waals surface area contributed by atoms with Crippen molar-refractivity contribution < 1.29 is 95.6 Å². The summed E-state index contributed by atoms with van der Waals surface area (Å²) < 4.78 is 0. The molecule has 14 heteroatoms. The molecular weight excluding hydrogens is 489 g/mol. The third kappa shape index (κ3) is 49.5. The van der Waals surface area contributed by atoms with Gasteiger partial charge in [-0.2, -0.15) is 0 Å². The van der Waals surface area contributed by atoms with Gasteiger partial charge in [0.15, 0.2) is 0 Å². The number of aliphatic hydroxyl groups is 4. The van der Waals surface area contributed by atoms with Gasteiger partial charge in [0.1, 0.15) is 0 Å². The summed E-state index contributed by atoms with van der Waals surface area (Å²) >= 11 is 0. The molecule has 13 nitrogen and oxygen atoms in total. The molecule has 0 aromatic heterocycles. The van der Waals surface area contributed by atoms with E-state index in [-0.39, 0.29) is 41.7 Å². The van der Waals surface area contributed by atoms with Crippen molar-refractivity contribution in [1.82, 2.24) is 6.15 Å². The Balaban J connectivity index is -0.0000000500. The van der Waals surface area contributed by atoms with E-state index < -0.39 is 48.3 Å². The Morgan fingerprint density at radius 2 is 0.577 bits per heavy atom. The van der Waals surface area contributed by atoms with E-state index in [2.05, 4.69) is 0 Å². The van der Waals surface area contributed by atoms with E-state index in [4.69, 9.17) is 20.4 Å². The summed E-state index contributed by atoms with van der Waals surface area (Å²) in [5, 5.41) is 69.2. The first-order valence-corrected chi connectivity index (χ1v) is 6.13. The van der Waals surface area contributed by atoms with Gasteiger partial charge in [-0.15, -0.1) is 0 Å². The summed E-state index contributed by atoms with van der Waals surface area (Å²) in [4.78, 5) is 37.4. The summed E-state index contributed by atoms with van der Waals surface area (Å²) in [6.45, 7) is 4.54. The molecule has 0 aliphatic heterocycles. The molecule has 0 aliphatic rings. The predicted octanol–water partition coefficient (Wildman–Crippen LogP) is -7.16. The Hall–Kier alpha value is -1.13. The zero-order valence-electron chi connectivity index (χ0n) is 14.9. The number of carboxylic acid groups (broad SMARTS) is 4. The number of quaternary nitrogens is 1. The van der Waals surface area contributed by atoms with Crippen molar-refractivity contribution in [3.63, 3.8) is 0 Å². The second-order valence-electron chi connectivity index (χ2n) is 3.98. The van der Waals surface area contributed by atoms with Crippen LogP contribution >= 0.6 is 0 Å². The SMILES string of the molecule is CC(O)C(=O)[O-].CC(O)C(=O)[O-].CC(O)C(=O)[O-].CC(O)C(=O)[O-].[La+3].[NH4+]. The van der Waals surface area contributed by atoms with Gasteiger partial charge in [-0.1, -0.05) is 0 Å². The van der Waals surface area contributed by atoms with Crippen molar-refractivity contribution in [2.75, 3.05) is 0 Å². The van der Waals surface area contributed by atoms with Crippen LogP contribution in [0.4, 0.5) is 0 Å². The quantitative estimate of drug-likeness (QED) is 0.234. The minimum absolute atomic E-state index is 0. The number of carboxylic acids is 4. The minimum atomic E-state index is -1.44. The van der Waals surface area contributed by atoms with Crippen molar-refractivity contribution in [1.29, 1.82) is 0 Å². The summed E-state index contributed by atoms with van der Waals surface area (Å²) in [5.74, 6) is -5.74. The second kappa shape index (κ2) is 23.9. The minimum Gasteiger partial charge on any atom is -0.547 e. The zero-order chi connectivity index (χ0) is 20.6. The van der Waals surface area contributed by atoms with Crippen LogP contribution in [0.1, 0.15) is 27.7 Å². The van der Waals surface area contributed by atoms with Gasteiger partial charge < -0.3 is 66.2 Å². The molecule has 0 fully saturated rings. The Labute approximate surface area is 177 Å². The van der Waals surface area contributed by atoms with E-state index in [1.54, 1.807) is 0 Å². The first-order chi connectivity index (χ1) is 10.6. The van der Waals surface area contributed by atoms with E-state index in [0.29, 0.717) is 0 Å². The number of hydrogen-bond acceptors (Lipinski definition) is 12. The maximum Gasteiger partial charge on any atom is 3.00 e. The van der Waals surface area contributed by atoms with E-state index in [1.807, 2.05) is 0 Å². The Bertz CT molecular complexity index is 312. The van der Waals surface area contributed by atoms with Gasteiger partial charge in [0.25, 0.3) is 0 Å². The van der Waals surface area contributed by atoms with Crippen molar-refractivity contribution in [2.45, 2.75) is 52.1 Å². The molecule has 0 saturated carbocycles. The number of aliphatic hydroxyl groups excluding tert-OH is 4. The first kappa shape index (κ1) is 39.8. The number of hydrogen-bond donors (Lipinski definition) is 5. The van der Waals surface area contributed by atoms with Crippen LogP contribution in [-0.4, -0.2) is 68.7 Å². The molecule has 0 rings (SSSR count). The fourth-order valence-corrected chi connectivity index (χ4v) is 0. The molecule has 0 aromatic rings. The topological polar surface area (TPSA) is 278 Å². The molecule has 4 unspecified atom stereocenters. The van der Waals surface area contributed by atoms with Crippen LogP contribution in [0.3, 0.4) is 0 Å². The molecule has 152 valence electrons. The number of rotatable bonds is 4. The number of aliphatic carboxylic acids is 4. The smallest absolute Gasteiger partial charge is 0.547 e. The van der Waals surface area contributed by atoms with Gasteiger partial charge in [-0.05, 0) is 27.7 Å². The average Bonchev–Trinajstić information content (AvgIpc) is 2.40. The van der Waals surface area contributed by atoms with Crippen molar-refractivity contribution in [3.05, 3.63) is 0 Å². The van der Waals surface area contributed by atoms with Gasteiger partial charge in [-0.3, -0.25) is 0 Å². The summed E-state index contributed by atoms with van der Waals surface area (Å²) in [6.07, 6.45) is -5.37. The molecule has 0 radical (unpaired) electrons. The van der Waals surface area contributed by atoms with Crippen LogP contribution < -0.4 is 26.6 Å². The van der Waals surface area contributed by atoms with Crippen LogP contribution in [-0.2, 0) is 19.2 Å². The predicted molar refractivity (Wildman–Crippen MR) is 72.7 cm³/mol. The standard InChI is InChI=1S/4C3H6O3.La.H3N/c4*1-2(4)3(5)6;;/h4*2,4H,1H3,(H,5,6);;1H3/q;;;;+3;/p-3. The molecule has 0 heterocycles. The fourth-order valence-electron chi connectivity index (χ4n) is 0. The van der Waals surface area contributed by atoms with Crippen LogP contribution in [0.2, 0.25) is 0 Å². The molecule has 0 saturated heterocycles. The molecule has 8 N–H and O–H groups in total. The van der Waals surface area contributed by atoms with E-state index >= 15 is 0 Å². The van der Waals surface area contributed by atoms with Crippen molar-refractivity contribution >= 4 is 23.9 Å². The van der Waals surface area contributed by atoms with Gasteiger partial charge in [0.2, 0.25) is 0 Å². The summed E-state index contributed by atoms with van der Waals surface area (Å²) in [6, 6.07) is 0. The Kier molecular flexibility index (Phi) is 36.5. The summed E-state index contributed by atoms with van der Waals surface area (Å²) in [5.41, 5.74) is 0. The molecule has 0 bridgehead atoms. The monoisotopic (exact) mass is 513 g/mol. The normalized spacial score (nSPS) is 12.6. The molecule has 0 spiro atoms. The molecule has 4 atom stereocenters. The Morgan fingerprint density at radius 1 is 0.538 bits per heavy atom. The maximum absolute atomic E-state index is 9.34. The van der Waals surface area contributed by atoms with Gasteiger partial charge in [0, 0.05) is 0 Å². The average molecular weight is 513 g/mol. The molecule has 0 aliphatic carbocycles. The third-order valence-corrected chi connectivity index (χ3v) is 1.36. The molecular formula is C12H24LaNO12. The second-order valence-corrected chi connectivity index (χ2v) is 3.98. The first-order valence-electron chi connectivity index (χ1n) is 6.13. The van der Waals surface area contributed by atoms with Crippen LogP contribution in [0, 0.1) is 35.6 Å². The zero-order valence-corrected chi connectivity index (χ0v) is 18.6. The van der Waals surface area contributed by atoms with Gasteiger partial charge >= 0.3 is 35.6 Å². The van der Waals surface area contributed by atoms with Crippen molar-refractivity contribution in [2.24, 2.45) is 0 Å².